The van der Waals surface area contributed by atoms with Crippen molar-refractivity contribution in [1.82, 2.24) is 0 Å². The SMILES string of the molecule is C=C(C(C)=O)C(=O)OC1CC(C)CCC1C(C)C. The van der Waals surface area contributed by atoms with E-state index in [1.165, 1.54) is 13.3 Å². The molecule has 0 heterocycles. The molecule has 0 N–H and O–H groups in total. The van der Waals surface area contributed by atoms with Gasteiger partial charge in [0.15, 0.2) is 5.78 Å². The van der Waals surface area contributed by atoms with Crippen molar-refractivity contribution in [2.45, 2.75) is 53.1 Å². The second-order valence-corrected chi connectivity index (χ2v) is 5.80. The average Bonchev–Trinajstić information content (AvgIpc) is 2.27. The van der Waals surface area contributed by atoms with Gasteiger partial charge in [-0.2, -0.15) is 0 Å². The van der Waals surface area contributed by atoms with Gasteiger partial charge < -0.3 is 4.74 Å². The molecule has 0 aromatic heterocycles. The Morgan fingerprint density at radius 2 is 1.89 bits per heavy atom. The van der Waals surface area contributed by atoms with Gasteiger partial charge in [0.2, 0.25) is 0 Å². The number of carbonyl (C=O) groups excluding carboxylic acids is 2. The highest BCUT2D eigenvalue weighted by atomic mass is 16.5. The molecule has 0 bridgehead atoms. The number of ketones is 1. The summed E-state index contributed by atoms with van der Waals surface area (Å²) < 4.78 is 5.50. The highest BCUT2D eigenvalue weighted by molar-refractivity contribution is 6.15. The molecule has 0 radical (unpaired) electrons. The third-order valence-corrected chi connectivity index (χ3v) is 3.89. The van der Waals surface area contributed by atoms with E-state index in [-0.39, 0.29) is 17.5 Å². The van der Waals surface area contributed by atoms with Crippen molar-refractivity contribution < 1.29 is 14.3 Å². The van der Waals surface area contributed by atoms with Gasteiger partial charge >= 0.3 is 5.97 Å². The third kappa shape index (κ3) is 3.69. The maximum absolute atomic E-state index is 11.8. The summed E-state index contributed by atoms with van der Waals surface area (Å²) in [5.41, 5.74) is -0.0456. The lowest BCUT2D eigenvalue weighted by molar-refractivity contribution is -0.151. The van der Waals surface area contributed by atoms with Crippen molar-refractivity contribution in [3.8, 4) is 0 Å². The maximum Gasteiger partial charge on any atom is 0.341 e. The largest absolute Gasteiger partial charge is 0.458 e. The van der Waals surface area contributed by atoms with E-state index in [2.05, 4.69) is 27.4 Å². The Bertz CT molecular complexity index is 344. The monoisotopic (exact) mass is 252 g/mol. The Balaban J connectivity index is 2.69. The molecule has 0 aromatic rings. The first-order valence-electron chi connectivity index (χ1n) is 6.73. The lowest BCUT2D eigenvalue weighted by atomic mass is 9.75. The van der Waals surface area contributed by atoms with Crippen LogP contribution >= 0.6 is 0 Å². The summed E-state index contributed by atoms with van der Waals surface area (Å²) >= 11 is 0. The van der Waals surface area contributed by atoms with Crippen LogP contribution in [0.25, 0.3) is 0 Å². The van der Waals surface area contributed by atoms with Crippen molar-refractivity contribution in [1.29, 1.82) is 0 Å². The van der Waals surface area contributed by atoms with E-state index >= 15 is 0 Å². The molecular formula is C15H24O3. The summed E-state index contributed by atoms with van der Waals surface area (Å²) in [6, 6.07) is 0. The van der Waals surface area contributed by atoms with E-state index in [9.17, 15) is 9.59 Å². The molecule has 18 heavy (non-hydrogen) atoms. The van der Waals surface area contributed by atoms with Gasteiger partial charge in [-0.25, -0.2) is 4.79 Å². The molecule has 1 rings (SSSR count). The second-order valence-electron chi connectivity index (χ2n) is 5.80. The molecule has 0 aromatic carbocycles. The fraction of sp³-hybridized carbons (Fsp3) is 0.733. The van der Waals surface area contributed by atoms with Crippen LogP contribution in [0.2, 0.25) is 0 Å². The van der Waals surface area contributed by atoms with E-state index in [0.717, 1.165) is 12.8 Å². The van der Waals surface area contributed by atoms with Gasteiger partial charge in [-0.05, 0) is 37.5 Å². The first kappa shape index (κ1) is 14.9. The van der Waals surface area contributed by atoms with Crippen molar-refractivity contribution >= 4 is 11.8 Å². The fourth-order valence-electron chi connectivity index (χ4n) is 2.60. The number of esters is 1. The van der Waals surface area contributed by atoms with Crippen LogP contribution in [0, 0.1) is 17.8 Å². The molecule has 3 heteroatoms. The van der Waals surface area contributed by atoms with Crippen LogP contribution in [0.15, 0.2) is 12.2 Å². The third-order valence-electron chi connectivity index (χ3n) is 3.89. The topological polar surface area (TPSA) is 43.4 Å². The standard InChI is InChI=1S/C15H24O3/c1-9(2)13-7-6-10(3)8-14(13)18-15(17)11(4)12(5)16/h9-10,13-14H,4,6-8H2,1-3,5H3. The Kier molecular flexibility index (Phi) is 5.12. The Morgan fingerprint density at radius 3 is 2.39 bits per heavy atom. The van der Waals surface area contributed by atoms with Crippen LogP contribution in [-0.2, 0) is 14.3 Å². The second kappa shape index (κ2) is 6.17. The summed E-state index contributed by atoms with van der Waals surface area (Å²) in [6.45, 7) is 11.3. The highest BCUT2D eigenvalue weighted by Gasteiger charge is 2.34. The van der Waals surface area contributed by atoms with Crippen LogP contribution in [-0.4, -0.2) is 17.9 Å². The number of rotatable bonds is 4. The molecule has 0 saturated heterocycles. The molecule has 3 nitrogen and oxygen atoms in total. The van der Waals surface area contributed by atoms with Gasteiger partial charge in [-0.3, -0.25) is 4.79 Å². The Morgan fingerprint density at radius 1 is 1.28 bits per heavy atom. The Labute approximate surface area is 110 Å². The molecule has 0 aliphatic heterocycles. The summed E-state index contributed by atoms with van der Waals surface area (Å²) in [4.78, 5) is 22.9. The predicted octanol–water partition coefficient (Wildman–Crippen LogP) is 3.14. The summed E-state index contributed by atoms with van der Waals surface area (Å²) in [6.07, 6.45) is 3.09. The molecule has 1 aliphatic carbocycles. The molecular weight excluding hydrogens is 228 g/mol. The number of ether oxygens (including phenoxy) is 1. The number of hydrogen-bond acceptors (Lipinski definition) is 3. The minimum atomic E-state index is -0.549. The van der Waals surface area contributed by atoms with Crippen LogP contribution in [0.4, 0.5) is 0 Å². The van der Waals surface area contributed by atoms with Gasteiger partial charge in [0, 0.05) is 0 Å². The fourth-order valence-corrected chi connectivity index (χ4v) is 2.60. The quantitative estimate of drug-likeness (QED) is 0.334. The number of hydrogen-bond donors (Lipinski definition) is 0. The molecule has 1 aliphatic rings. The highest BCUT2D eigenvalue weighted by Crippen LogP contribution is 2.35. The van der Waals surface area contributed by atoms with Crippen LogP contribution in [0.1, 0.15) is 47.0 Å². The maximum atomic E-state index is 11.8. The van der Waals surface area contributed by atoms with E-state index in [1.54, 1.807) is 0 Å². The molecule has 0 spiro atoms. The van der Waals surface area contributed by atoms with Gasteiger partial charge in [0.05, 0.1) is 5.57 Å². The van der Waals surface area contributed by atoms with E-state index in [4.69, 9.17) is 4.74 Å². The zero-order valence-corrected chi connectivity index (χ0v) is 11.9. The summed E-state index contributed by atoms with van der Waals surface area (Å²) in [5.74, 6) is 0.589. The smallest absolute Gasteiger partial charge is 0.341 e. The summed E-state index contributed by atoms with van der Waals surface area (Å²) in [5, 5.41) is 0. The minimum absolute atomic E-state index is 0.0456. The van der Waals surface area contributed by atoms with Crippen molar-refractivity contribution in [3.63, 3.8) is 0 Å². The first-order chi connectivity index (χ1) is 8.32. The van der Waals surface area contributed by atoms with E-state index in [0.29, 0.717) is 17.8 Å². The van der Waals surface area contributed by atoms with Crippen LogP contribution < -0.4 is 0 Å². The molecule has 1 fully saturated rings. The van der Waals surface area contributed by atoms with Gasteiger partial charge in [-0.1, -0.05) is 33.8 Å². The van der Waals surface area contributed by atoms with Gasteiger partial charge in [0.25, 0.3) is 0 Å². The van der Waals surface area contributed by atoms with Gasteiger partial charge in [-0.15, -0.1) is 0 Å². The first-order valence-corrected chi connectivity index (χ1v) is 6.73. The molecule has 0 amide bonds. The number of carbonyl (C=O) groups is 2. The normalized spacial score (nSPS) is 27.9. The molecule has 102 valence electrons. The van der Waals surface area contributed by atoms with Crippen LogP contribution in [0.3, 0.4) is 0 Å². The summed E-state index contributed by atoms with van der Waals surface area (Å²) in [7, 11) is 0. The molecule has 3 unspecified atom stereocenters. The van der Waals surface area contributed by atoms with Crippen LogP contribution in [0.5, 0.6) is 0 Å². The van der Waals surface area contributed by atoms with Crippen molar-refractivity contribution in [2.24, 2.45) is 17.8 Å². The lowest BCUT2D eigenvalue weighted by Crippen LogP contribution is -2.36. The molecule has 1 saturated carbocycles. The van der Waals surface area contributed by atoms with Crippen molar-refractivity contribution in [3.05, 3.63) is 12.2 Å². The van der Waals surface area contributed by atoms with Gasteiger partial charge in [0.1, 0.15) is 6.10 Å². The Hall–Kier alpha value is -1.12. The lowest BCUT2D eigenvalue weighted by Gasteiger charge is -2.36. The van der Waals surface area contributed by atoms with Crippen molar-refractivity contribution in [2.75, 3.05) is 0 Å². The van der Waals surface area contributed by atoms with E-state index in [1.807, 2.05) is 0 Å². The minimum Gasteiger partial charge on any atom is -0.458 e. The predicted molar refractivity (Wildman–Crippen MR) is 71.0 cm³/mol. The van der Waals surface area contributed by atoms with E-state index < -0.39 is 5.97 Å². The zero-order valence-electron chi connectivity index (χ0n) is 11.9. The molecule has 3 atom stereocenters. The average molecular weight is 252 g/mol. The number of Topliss-reactive ketones (excluding diaryl/α,β-unsaturated/α-hetero) is 1. The zero-order chi connectivity index (χ0) is 13.9.